The average molecular weight is 572 g/mol. The molecule has 2 unspecified atom stereocenters. The highest BCUT2D eigenvalue weighted by Gasteiger charge is 2.79. The topological polar surface area (TPSA) is 90.4 Å². The van der Waals surface area contributed by atoms with E-state index in [0.717, 1.165) is 11.3 Å². The van der Waals surface area contributed by atoms with Crippen molar-refractivity contribution in [1.29, 1.82) is 0 Å². The van der Waals surface area contributed by atoms with Crippen LogP contribution < -0.4 is 4.90 Å². The van der Waals surface area contributed by atoms with Gasteiger partial charge in [-0.25, -0.2) is 0 Å². The van der Waals surface area contributed by atoms with Gasteiger partial charge in [0.1, 0.15) is 11.6 Å². The van der Waals surface area contributed by atoms with Crippen molar-refractivity contribution in [2.75, 3.05) is 31.1 Å². The molecule has 5 rings (SSSR count). The first-order valence-corrected chi connectivity index (χ1v) is 14.9. The van der Waals surface area contributed by atoms with Gasteiger partial charge in [0.15, 0.2) is 0 Å². The zero-order chi connectivity index (χ0) is 29.9. The lowest BCUT2D eigenvalue weighted by Crippen LogP contribution is -2.56. The van der Waals surface area contributed by atoms with Crippen LogP contribution in [0.15, 0.2) is 86.0 Å². The summed E-state index contributed by atoms with van der Waals surface area (Å²) >= 11 is 0. The minimum atomic E-state index is -1.13. The Kier molecular flexibility index (Phi) is 8.66. The van der Waals surface area contributed by atoms with Crippen LogP contribution in [0.3, 0.4) is 0 Å². The molecule has 3 aliphatic heterocycles. The first-order chi connectivity index (χ1) is 20.4. The summed E-state index contributed by atoms with van der Waals surface area (Å²) in [6.45, 7) is 10.8. The number of ether oxygens (including phenoxy) is 1. The second-order valence-electron chi connectivity index (χ2n) is 11.5. The number of rotatable bonds is 13. The Labute approximate surface area is 248 Å². The molecule has 3 aliphatic rings. The maximum absolute atomic E-state index is 14.5. The number of carbonyl (C=O) groups excluding carboxylic acids is 3. The molecule has 3 heterocycles. The highest BCUT2D eigenvalue weighted by Crippen LogP contribution is 2.64. The molecule has 0 aliphatic carbocycles. The van der Waals surface area contributed by atoms with Gasteiger partial charge < -0.3 is 24.5 Å². The van der Waals surface area contributed by atoms with E-state index >= 15 is 0 Å². The number of para-hydroxylation sites is 1. The zero-order valence-corrected chi connectivity index (χ0v) is 24.4. The summed E-state index contributed by atoms with van der Waals surface area (Å²) in [6.07, 6.45) is 5.32. The first-order valence-electron chi connectivity index (χ1n) is 14.9. The first kappa shape index (κ1) is 29.7. The number of hydrogen-bond donors (Lipinski definition) is 1. The van der Waals surface area contributed by atoms with Gasteiger partial charge in [0.25, 0.3) is 0 Å². The summed E-state index contributed by atoms with van der Waals surface area (Å²) in [5.74, 6) is -2.21. The van der Waals surface area contributed by atoms with Crippen LogP contribution in [0.1, 0.15) is 38.2 Å². The summed E-state index contributed by atoms with van der Waals surface area (Å²) in [7, 11) is 0. The Bertz CT molecular complexity index is 1320. The van der Waals surface area contributed by atoms with Crippen molar-refractivity contribution in [2.24, 2.45) is 11.8 Å². The molecule has 3 amide bonds. The normalized spacial score (nSPS) is 27.5. The molecule has 1 spiro atoms. The zero-order valence-electron chi connectivity index (χ0n) is 24.4. The fourth-order valence-electron chi connectivity index (χ4n) is 7.45. The Morgan fingerprint density at radius 3 is 2.31 bits per heavy atom. The number of aliphatic hydroxyl groups excluding tert-OH is 1. The standard InChI is InChI=1S/C34H41N3O5/c1-4-20-35(24-25-14-9-7-10-15-25)32(41)29-34-19-18-33(6-3,42-34)27(28(34)31(40)37(29)22-13-23-38)30(39)36(21-5-2)26-16-11-8-12-17-26/h4-5,7-12,14-17,27-29,38H,1-2,6,13,18-24H2,3H3/t27-,28-,29?,33+,34?/m0/s1. The van der Waals surface area contributed by atoms with Crippen LogP contribution in [-0.4, -0.2) is 76.1 Å². The number of fused-ring (bicyclic) bond motifs is 1. The van der Waals surface area contributed by atoms with Crippen molar-refractivity contribution in [3.8, 4) is 0 Å². The highest BCUT2D eigenvalue weighted by molar-refractivity contribution is 6.03. The van der Waals surface area contributed by atoms with Crippen molar-refractivity contribution >= 4 is 23.4 Å². The molecule has 2 aromatic rings. The van der Waals surface area contributed by atoms with Gasteiger partial charge in [-0.1, -0.05) is 67.6 Å². The predicted octanol–water partition coefficient (Wildman–Crippen LogP) is 3.96. The van der Waals surface area contributed by atoms with Crippen molar-refractivity contribution in [2.45, 2.75) is 56.4 Å². The lowest BCUT2D eigenvalue weighted by Gasteiger charge is -2.37. The monoisotopic (exact) mass is 571 g/mol. The van der Waals surface area contributed by atoms with Crippen LogP contribution >= 0.6 is 0 Å². The molecule has 1 N–H and O–H groups in total. The van der Waals surface area contributed by atoms with E-state index in [-0.39, 0.29) is 37.4 Å². The number of anilines is 1. The van der Waals surface area contributed by atoms with Crippen LogP contribution in [0.2, 0.25) is 0 Å². The van der Waals surface area contributed by atoms with Gasteiger partial charge in [-0.3, -0.25) is 14.4 Å². The molecule has 2 aromatic carbocycles. The van der Waals surface area contributed by atoms with Gasteiger partial charge in [-0.2, -0.15) is 0 Å². The predicted molar refractivity (Wildman–Crippen MR) is 161 cm³/mol. The minimum Gasteiger partial charge on any atom is -0.396 e. The molecule has 0 saturated carbocycles. The Morgan fingerprint density at radius 1 is 1.02 bits per heavy atom. The summed E-state index contributed by atoms with van der Waals surface area (Å²) in [5.41, 5.74) is -0.297. The lowest BCUT2D eigenvalue weighted by atomic mass is 9.64. The van der Waals surface area contributed by atoms with E-state index in [4.69, 9.17) is 4.74 Å². The summed E-state index contributed by atoms with van der Waals surface area (Å²) in [5, 5.41) is 9.69. The molecule has 3 saturated heterocycles. The molecule has 42 heavy (non-hydrogen) atoms. The van der Waals surface area contributed by atoms with E-state index in [1.165, 1.54) is 0 Å². The van der Waals surface area contributed by atoms with Gasteiger partial charge in [0.2, 0.25) is 17.7 Å². The molecule has 3 fully saturated rings. The van der Waals surface area contributed by atoms with Gasteiger partial charge in [-0.15, -0.1) is 13.2 Å². The van der Waals surface area contributed by atoms with Crippen LogP contribution in [0.4, 0.5) is 5.69 Å². The third kappa shape index (κ3) is 4.86. The van der Waals surface area contributed by atoms with Crippen LogP contribution in [0.25, 0.3) is 0 Å². The van der Waals surface area contributed by atoms with E-state index in [0.29, 0.717) is 38.8 Å². The number of hydrogen-bond acceptors (Lipinski definition) is 5. The van der Waals surface area contributed by atoms with Gasteiger partial charge in [0.05, 0.1) is 17.4 Å². The molecule has 0 aromatic heterocycles. The number of carbonyl (C=O) groups is 3. The van der Waals surface area contributed by atoms with Gasteiger partial charge >= 0.3 is 0 Å². The van der Waals surface area contributed by atoms with Crippen molar-refractivity contribution in [1.82, 2.24) is 9.80 Å². The number of amides is 3. The second-order valence-corrected chi connectivity index (χ2v) is 11.5. The van der Waals surface area contributed by atoms with E-state index in [1.807, 2.05) is 67.6 Å². The minimum absolute atomic E-state index is 0.119. The fourth-order valence-corrected chi connectivity index (χ4v) is 7.45. The fraction of sp³-hybridized carbons (Fsp3) is 0.441. The largest absolute Gasteiger partial charge is 0.396 e. The van der Waals surface area contributed by atoms with Crippen LogP contribution in [-0.2, 0) is 25.7 Å². The maximum Gasteiger partial charge on any atom is 0.248 e. The van der Waals surface area contributed by atoms with Crippen molar-refractivity contribution in [3.63, 3.8) is 0 Å². The van der Waals surface area contributed by atoms with Gasteiger partial charge in [-0.05, 0) is 43.4 Å². The van der Waals surface area contributed by atoms with Crippen molar-refractivity contribution in [3.05, 3.63) is 91.5 Å². The van der Waals surface area contributed by atoms with Crippen LogP contribution in [0, 0.1) is 11.8 Å². The molecule has 8 nitrogen and oxygen atoms in total. The summed E-state index contributed by atoms with van der Waals surface area (Å²) in [4.78, 5) is 48.4. The van der Waals surface area contributed by atoms with Crippen molar-refractivity contribution < 1.29 is 24.2 Å². The van der Waals surface area contributed by atoms with E-state index in [9.17, 15) is 19.5 Å². The smallest absolute Gasteiger partial charge is 0.248 e. The van der Waals surface area contributed by atoms with Gasteiger partial charge in [0, 0.05) is 38.5 Å². The molecule has 5 atom stereocenters. The van der Waals surface area contributed by atoms with E-state index < -0.39 is 29.1 Å². The Morgan fingerprint density at radius 2 is 1.69 bits per heavy atom. The SMILES string of the molecule is C=CCN(Cc1ccccc1)C(=O)C1N(CCCO)C(=O)[C@@H]2[C@@H](C(=O)N(CC=C)c3ccccc3)[C@@]3(CC)CCC12O3. The number of aliphatic hydroxyl groups is 1. The Balaban J connectivity index is 1.57. The third-order valence-electron chi connectivity index (χ3n) is 9.26. The van der Waals surface area contributed by atoms with Crippen LogP contribution in [0.5, 0.6) is 0 Å². The third-order valence-corrected chi connectivity index (χ3v) is 9.26. The number of benzene rings is 2. The van der Waals surface area contributed by atoms with E-state index in [2.05, 4.69) is 13.2 Å². The maximum atomic E-state index is 14.5. The molecule has 2 bridgehead atoms. The molecule has 222 valence electrons. The van der Waals surface area contributed by atoms with E-state index in [1.54, 1.807) is 26.9 Å². The number of nitrogens with zero attached hydrogens (tertiary/aromatic N) is 3. The second kappa shape index (κ2) is 12.2. The Hall–Kier alpha value is -3.75. The summed E-state index contributed by atoms with van der Waals surface area (Å²) < 4.78 is 6.94. The molecule has 8 heteroatoms. The average Bonchev–Trinajstić information content (AvgIpc) is 3.62. The molecular weight excluding hydrogens is 530 g/mol. The number of likely N-dealkylation sites (tertiary alicyclic amines) is 1. The highest BCUT2D eigenvalue weighted by atomic mass is 16.5. The quantitative estimate of drug-likeness (QED) is 0.368. The lowest BCUT2D eigenvalue weighted by molar-refractivity contribution is -0.153. The summed E-state index contributed by atoms with van der Waals surface area (Å²) in [6, 6.07) is 18.2. The molecular formula is C34H41N3O5. The molecule has 0 radical (unpaired) electrons.